The largest absolute Gasteiger partial charge is 0.493 e. The number of rotatable bonds is 7. The topological polar surface area (TPSA) is 74.0 Å². The number of carbonyl (C=O) groups excluding carboxylic acids is 1. The van der Waals surface area contributed by atoms with E-state index >= 15 is 0 Å². The maximum atomic E-state index is 13.9. The van der Waals surface area contributed by atoms with Crippen LogP contribution in [-0.2, 0) is 15.9 Å². The molecule has 168 valence electrons. The molecule has 4 atom stereocenters. The van der Waals surface area contributed by atoms with Crippen molar-refractivity contribution in [3.05, 3.63) is 23.2 Å². The minimum Gasteiger partial charge on any atom is -0.493 e. The van der Waals surface area contributed by atoms with Crippen molar-refractivity contribution < 1.29 is 56.0 Å². The van der Waals surface area contributed by atoms with Gasteiger partial charge in [0.2, 0.25) is 0 Å². The quantitative estimate of drug-likeness (QED) is 0.647. The highest BCUT2D eigenvalue weighted by Crippen LogP contribution is 2.44. The molecule has 3 unspecified atom stereocenters. The van der Waals surface area contributed by atoms with Crippen LogP contribution in [0.4, 0.5) is 0 Å². The lowest BCUT2D eigenvalue weighted by Gasteiger charge is -2.47. The summed E-state index contributed by atoms with van der Waals surface area (Å²) < 4.78 is 241. The first-order chi connectivity index (χ1) is 24.7. The molecule has 0 spiro atoms. The molecule has 1 aromatic carbocycles. The number of nitrogens with zero attached hydrogens (tertiary/aromatic N) is 1. The van der Waals surface area contributed by atoms with Gasteiger partial charge in [0.15, 0.2) is 11.5 Å². The van der Waals surface area contributed by atoms with Gasteiger partial charge in [0, 0.05) is 53.2 Å². The van der Waals surface area contributed by atoms with E-state index in [-0.39, 0.29) is 0 Å². The molecule has 3 rings (SSSR count). The highest BCUT2D eigenvalue weighted by molar-refractivity contribution is 5.76. The Morgan fingerprint density at radius 1 is 1.40 bits per heavy atom. The molecule has 0 aromatic heterocycles. The van der Waals surface area contributed by atoms with Gasteiger partial charge in [-0.2, -0.15) is 0 Å². The van der Waals surface area contributed by atoms with Gasteiger partial charge in [0.25, 0.3) is 0 Å². The number of carbonyl (C=O) groups is 1. The molecule has 1 aromatic rings. The predicted molar refractivity (Wildman–Crippen MR) is 118 cm³/mol. The van der Waals surface area contributed by atoms with Crippen LogP contribution < -0.4 is 15.2 Å². The summed E-state index contributed by atoms with van der Waals surface area (Å²) in [7, 11) is -7.37. The summed E-state index contributed by atoms with van der Waals surface area (Å²) in [5.41, 5.74) is 2.20. The number of hydrogen-bond donors (Lipinski definition) is 1. The monoisotopic (exact) mass is 445 g/mol. The standard InChI is InChI=1S/C24H38N2O4/c1-14(2)9-17-13-26-8-7-16-10-21(28-5)22(29-6)11-18(16)19(26)12-20(17)30-24(27)23(25)15(3)4/h10-11,14-15,17,19-20,23H,7-9,12-13,25H2,1-6H3/t17?,19?,20?,23-/m0/s1/i3D3,4D3,5D3,6D3,7D2,8D2,10D,11D,12D2,13D2,15D,17D,19D,20D,23D. The van der Waals surface area contributed by atoms with Crippen LogP contribution in [0.1, 0.15) is 94.5 Å². The Kier molecular flexibility index (Phi) is 2.03. The number of esters is 1. The third-order valence-electron chi connectivity index (χ3n) is 3.94. The summed E-state index contributed by atoms with van der Waals surface area (Å²) in [5, 5.41) is 0. The van der Waals surface area contributed by atoms with E-state index in [9.17, 15) is 14.4 Å². The number of methoxy groups -OCH3 is 2. The van der Waals surface area contributed by atoms with Crippen molar-refractivity contribution >= 4 is 5.97 Å². The van der Waals surface area contributed by atoms with Gasteiger partial charge in [-0.05, 0) is 47.8 Å². The molecule has 0 saturated carbocycles. The van der Waals surface area contributed by atoms with Crippen LogP contribution >= 0.6 is 0 Å². The van der Waals surface area contributed by atoms with E-state index in [1.165, 1.54) is 13.8 Å². The Bertz CT molecular complexity index is 1770. The summed E-state index contributed by atoms with van der Waals surface area (Å²) in [6.07, 6.45) is -14.3. The number of piperidine rings is 1. The van der Waals surface area contributed by atoms with Gasteiger partial charge in [-0.25, -0.2) is 0 Å². The van der Waals surface area contributed by atoms with Crippen molar-refractivity contribution in [2.75, 3.05) is 27.1 Å². The maximum absolute atomic E-state index is 13.9. The van der Waals surface area contributed by atoms with Crippen molar-refractivity contribution in [1.82, 2.24) is 4.90 Å². The number of hydrogen-bond acceptors (Lipinski definition) is 6. The first-order valence-electron chi connectivity index (χ1n) is 22.1. The van der Waals surface area contributed by atoms with E-state index in [2.05, 4.69) is 4.74 Å². The van der Waals surface area contributed by atoms with Crippen LogP contribution in [-0.4, -0.2) is 50.0 Å². The molecule has 0 amide bonds. The molecular formula is C24H38N2O4. The molecule has 1 fully saturated rings. The third kappa shape index (κ3) is 4.75. The molecular weight excluding hydrogens is 380 g/mol. The van der Waals surface area contributed by atoms with E-state index in [4.69, 9.17) is 42.6 Å². The van der Waals surface area contributed by atoms with Crippen molar-refractivity contribution in [3.8, 4) is 11.5 Å². The van der Waals surface area contributed by atoms with Crippen LogP contribution in [0.25, 0.3) is 0 Å². The van der Waals surface area contributed by atoms with E-state index in [0.717, 1.165) is 0 Å². The summed E-state index contributed by atoms with van der Waals surface area (Å²) in [6.45, 7) is -14.4. The van der Waals surface area contributed by atoms with Gasteiger partial charge in [0.1, 0.15) is 12.1 Å². The van der Waals surface area contributed by atoms with Gasteiger partial charge in [-0.3, -0.25) is 9.69 Å². The molecule has 30 heavy (non-hydrogen) atoms. The van der Waals surface area contributed by atoms with Crippen molar-refractivity contribution in [2.24, 2.45) is 23.4 Å². The third-order valence-corrected chi connectivity index (χ3v) is 3.94. The molecule has 6 nitrogen and oxygen atoms in total. The molecule has 0 radical (unpaired) electrons. The molecule has 0 aliphatic carbocycles. The Hall–Kier alpha value is -1.79. The molecule has 1 saturated heterocycles. The van der Waals surface area contributed by atoms with E-state index in [1.807, 2.05) is 0 Å². The second-order valence-electron chi connectivity index (χ2n) is 6.60. The van der Waals surface area contributed by atoms with Gasteiger partial charge in [-0.15, -0.1) is 0 Å². The number of nitrogens with two attached hydrogens (primary N) is 1. The zero-order valence-electron chi connectivity index (χ0n) is 42.9. The van der Waals surface area contributed by atoms with Crippen molar-refractivity contribution in [1.29, 1.82) is 0 Å². The second-order valence-corrected chi connectivity index (χ2v) is 6.60. The van der Waals surface area contributed by atoms with Crippen LogP contribution in [0.15, 0.2) is 12.1 Å². The van der Waals surface area contributed by atoms with Crippen LogP contribution in [0.3, 0.4) is 0 Å². The second kappa shape index (κ2) is 9.56. The highest BCUT2D eigenvalue weighted by atomic mass is 16.5. The molecule has 2 N–H and O–H groups in total. The minimum absolute atomic E-state index is 0.595. The fourth-order valence-electron chi connectivity index (χ4n) is 2.61. The van der Waals surface area contributed by atoms with Crippen LogP contribution in [0.2, 0.25) is 0 Å². The SMILES string of the molecule is [2H]c1c(OC([2H])([2H])[2H])c(OC([2H])([2H])[2H])c([2H])c2c1C([2H])([2H])C([2H])([2H])N1C([2H])([2H])C([2H])(CC(C)C)C([2H])(OC(=O)[C@@]([2H])(N)C([2H])(C([2H])([2H])[2H])C([2H])([2H])[2H])C([2H])([2H])C21[2H]. The number of ether oxygens (including phenoxy) is 3. The summed E-state index contributed by atoms with van der Waals surface area (Å²) in [5.74, 6) is -15.4. The van der Waals surface area contributed by atoms with Gasteiger partial charge < -0.3 is 19.9 Å². The van der Waals surface area contributed by atoms with Gasteiger partial charge >= 0.3 is 5.97 Å². The van der Waals surface area contributed by atoms with Gasteiger partial charge in [-0.1, -0.05) is 27.6 Å². The van der Waals surface area contributed by atoms with E-state index in [1.54, 1.807) is 0 Å². The number of benzene rings is 1. The summed E-state index contributed by atoms with van der Waals surface area (Å²) in [4.78, 5) is 13.3. The Morgan fingerprint density at radius 3 is 2.80 bits per heavy atom. The fourth-order valence-corrected chi connectivity index (χ4v) is 2.61. The zero-order chi connectivity index (χ0) is 45.5. The molecule has 2 aliphatic heterocycles. The van der Waals surface area contributed by atoms with E-state index < -0.39 is 141 Å². The molecule has 0 bridgehead atoms. The Morgan fingerprint density at radius 2 is 2.13 bits per heavy atom. The first kappa shape index (κ1) is 6.38. The maximum Gasteiger partial charge on any atom is 0.323 e. The van der Waals surface area contributed by atoms with Crippen molar-refractivity contribution in [3.63, 3.8) is 0 Å². The van der Waals surface area contributed by atoms with E-state index in [0.29, 0.717) is 0 Å². The lowest BCUT2D eigenvalue weighted by atomic mass is 9.79. The Balaban J connectivity index is 2.73. The smallest absolute Gasteiger partial charge is 0.323 e. The zero-order valence-corrected chi connectivity index (χ0v) is 15.9. The Labute approximate surface area is 219 Å². The summed E-state index contributed by atoms with van der Waals surface area (Å²) >= 11 is 0. The van der Waals surface area contributed by atoms with Crippen molar-refractivity contribution in [2.45, 2.75) is 64.8 Å². The lowest BCUT2D eigenvalue weighted by Crippen LogP contribution is -2.51. The fraction of sp³-hybridized carbons (Fsp3) is 0.708. The average molecular weight is 446 g/mol. The van der Waals surface area contributed by atoms with Gasteiger partial charge in [0.05, 0.1) is 29.2 Å². The molecule has 2 aliphatic rings. The molecule has 2 heterocycles. The molecule has 6 heteroatoms. The predicted octanol–water partition coefficient (Wildman–Crippen LogP) is 3.56. The highest BCUT2D eigenvalue weighted by Gasteiger charge is 2.41. The first-order valence-corrected chi connectivity index (χ1v) is 8.55. The minimum atomic E-state index is -4.58. The number of fused-ring (bicyclic) bond motifs is 3. The normalized spacial score (nSPS) is 55.3. The summed E-state index contributed by atoms with van der Waals surface area (Å²) in [6, 6.07) is -12.2. The lowest BCUT2D eigenvalue weighted by molar-refractivity contribution is -0.160. The average Bonchev–Trinajstić information content (AvgIpc) is 2.95. The van der Waals surface area contributed by atoms with Crippen LogP contribution in [0.5, 0.6) is 11.5 Å². The van der Waals surface area contributed by atoms with Crippen LogP contribution in [0, 0.1) is 17.7 Å².